The maximum atomic E-state index is 18.2. The molecule has 0 saturated carbocycles. The van der Waals surface area contributed by atoms with E-state index in [1.54, 1.807) is 0 Å². The van der Waals surface area contributed by atoms with Gasteiger partial charge in [0.25, 0.3) is 0 Å². The molecule has 256 valence electrons. The molecule has 0 radical (unpaired) electrons. The van der Waals surface area contributed by atoms with E-state index in [1.165, 1.54) is 0 Å². The second kappa shape index (κ2) is 11.8. The number of aromatic nitrogens is 4. The summed E-state index contributed by atoms with van der Waals surface area (Å²) in [4.78, 5) is 12.1. The predicted molar refractivity (Wildman–Crippen MR) is 214 cm³/mol. The first kappa shape index (κ1) is 31.2. The van der Waals surface area contributed by atoms with Crippen molar-refractivity contribution in [2.45, 2.75) is 25.4 Å². The fraction of sp³-hybridized carbons (Fsp3) is 0.106. The zero-order valence-corrected chi connectivity index (χ0v) is 29.7. The van der Waals surface area contributed by atoms with Gasteiger partial charge in [-0.15, -0.1) is 0 Å². The molecule has 0 fully saturated rings. The quantitative estimate of drug-likeness (QED) is 0.181. The molecular formula is C47H36FN5. The van der Waals surface area contributed by atoms with Crippen molar-refractivity contribution in [3.8, 4) is 17.2 Å². The van der Waals surface area contributed by atoms with Gasteiger partial charge in [0.05, 0.1) is 33.4 Å². The van der Waals surface area contributed by atoms with Crippen LogP contribution in [0.4, 0.5) is 21.5 Å². The molecule has 9 aromatic rings. The molecule has 0 saturated heterocycles. The molecule has 10 rings (SSSR count). The number of hydrogen-bond acceptors (Lipinski definition) is 3. The van der Waals surface area contributed by atoms with Crippen molar-refractivity contribution < 1.29 is 4.39 Å². The van der Waals surface area contributed by atoms with E-state index in [0.29, 0.717) is 11.1 Å². The molecule has 1 aliphatic rings. The van der Waals surface area contributed by atoms with E-state index in [2.05, 4.69) is 113 Å². The maximum Gasteiger partial charge on any atom is 0.151 e. The molecule has 53 heavy (non-hydrogen) atoms. The van der Waals surface area contributed by atoms with E-state index >= 15 is 4.39 Å². The molecule has 6 aromatic carbocycles. The van der Waals surface area contributed by atoms with Crippen LogP contribution in [0.25, 0.3) is 50.0 Å². The minimum absolute atomic E-state index is 0.547. The largest absolute Gasteiger partial charge is 0.327 e. The Kier molecular flexibility index (Phi) is 6.92. The average Bonchev–Trinajstić information content (AvgIpc) is 3.72. The molecule has 5 nitrogen and oxygen atoms in total. The summed E-state index contributed by atoms with van der Waals surface area (Å²) in [5.41, 5.74) is 10.6. The molecule has 0 amide bonds. The number of anilines is 3. The smallest absolute Gasteiger partial charge is 0.151 e. The Morgan fingerprint density at radius 2 is 1.42 bits per heavy atom. The third kappa shape index (κ3) is 4.61. The summed E-state index contributed by atoms with van der Waals surface area (Å²) >= 11 is 0. The van der Waals surface area contributed by atoms with Gasteiger partial charge in [-0.3, -0.25) is 4.57 Å². The lowest BCUT2D eigenvalue weighted by atomic mass is 9.70. The molecule has 0 spiro atoms. The number of benzene rings is 6. The zero-order valence-electron chi connectivity index (χ0n) is 29.7. The number of para-hydroxylation sites is 5. The molecule has 0 N–H and O–H groups in total. The van der Waals surface area contributed by atoms with Crippen LogP contribution in [-0.2, 0) is 12.5 Å². The standard InChI is InChI=1S/C47H36FN5/c1-47(2)35-21-8-11-24-38(35)52(32-18-5-4-6-19-32)45-42-33-20-7-10-23-37(33)53(41-26-13-14-27-49-41)40(42)29-34(43(45)47)44(48)30-16-15-17-31(28-30)46-50-36-22-9-12-25-39(36)51(46)3/h4-29,44H,1-3H3. The van der Waals surface area contributed by atoms with E-state index in [-0.39, 0.29) is 0 Å². The number of aryl methyl sites for hydroxylation is 1. The lowest BCUT2D eigenvalue weighted by Gasteiger charge is -2.44. The van der Waals surface area contributed by atoms with Crippen molar-refractivity contribution in [2.24, 2.45) is 7.05 Å². The van der Waals surface area contributed by atoms with Crippen LogP contribution < -0.4 is 4.90 Å². The molecule has 0 bridgehead atoms. The first-order valence-electron chi connectivity index (χ1n) is 18.0. The third-order valence-corrected chi connectivity index (χ3v) is 11.0. The van der Waals surface area contributed by atoms with Crippen molar-refractivity contribution in [3.63, 3.8) is 0 Å². The second-order valence-corrected chi connectivity index (χ2v) is 14.4. The van der Waals surface area contributed by atoms with Crippen molar-refractivity contribution in [1.82, 2.24) is 19.1 Å². The highest BCUT2D eigenvalue weighted by molar-refractivity contribution is 6.18. The fourth-order valence-electron chi connectivity index (χ4n) is 8.66. The highest BCUT2D eigenvalue weighted by Crippen LogP contribution is 2.58. The van der Waals surface area contributed by atoms with E-state index in [0.717, 1.165) is 78.2 Å². The summed E-state index contributed by atoms with van der Waals surface area (Å²) in [6.07, 6.45) is 0.371. The van der Waals surface area contributed by atoms with Crippen LogP contribution in [0, 0.1) is 0 Å². The fourth-order valence-corrected chi connectivity index (χ4v) is 8.66. The van der Waals surface area contributed by atoms with Gasteiger partial charge in [-0.05, 0) is 82.9 Å². The van der Waals surface area contributed by atoms with Gasteiger partial charge in [0, 0.05) is 40.7 Å². The van der Waals surface area contributed by atoms with Crippen LogP contribution in [-0.4, -0.2) is 19.1 Å². The number of rotatable bonds is 5. The Balaban J connectivity index is 1.31. The molecule has 3 aromatic heterocycles. The predicted octanol–water partition coefficient (Wildman–Crippen LogP) is 11.9. The topological polar surface area (TPSA) is 38.9 Å². The Bertz CT molecular complexity index is 2850. The summed E-state index contributed by atoms with van der Waals surface area (Å²) in [5, 5.41) is 2.16. The Labute approximate surface area is 307 Å². The lowest BCUT2D eigenvalue weighted by molar-refractivity contribution is 0.395. The number of nitrogens with zero attached hydrogens (tertiary/aromatic N) is 5. The summed E-state index contributed by atoms with van der Waals surface area (Å²) < 4.78 is 22.4. The minimum Gasteiger partial charge on any atom is -0.327 e. The zero-order chi connectivity index (χ0) is 35.8. The van der Waals surface area contributed by atoms with E-state index in [4.69, 9.17) is 9.97 Å². The van der Waals surface area contributed by atoms with E-state index in [9.17, 15) is 0 Å². The summed E-state index contributed by atoms with van der Waals surface area (Å²) in [6, 6.07) is 51.5. The van der Waals surface area contributed by atoms with Crippen LogP contribution >= 0.6 is 0 Å². The molecule has 1 atom stereocenters. The normalized spacial score (nSPS) is 14.1. The highest BCUT2D eigenvalue weighted by Gasteiger charge is 2.42. The number of hydrogen-bond donors (Lipinski definition) is 0. The van der Waals surface area contributed by atoms with Gasteiger partial charge in [0.15, 0.2) is 6.17 Å². The molecule has 1 unspecified atom stereocenters. The minimum atomic E-state index is -1.44. The maximum absolute atomic E-state index is 18.2. The van der Waals surface area contributed by atoms with Gasteiger partial charge in [-0.2, -0.15) is 0 Å². The Hall–Kier alpha value is -6.53. The van der Waals surface area contributed by atoms with Crippen LogP contribution in [0.3, 0.4) is 0 Å². The molecule has 1 aliphatic heterocycles. The van der Waals surface area contributed by atoms with Crippen LogP contribution in [0.5, 0.6) is 0 Å². The van der Waals surface area contributed by atoms with Crippen molar-refractivity contribution in [3.05, 3.63) is 180 Å². The molecule has 0 aliphatic carbocycles. The van der Waals surface area contributed by atoms with E-state index in [1.807, 2.05) is 80.0 Å². The summed E-state index contributed by atoms with van der Waals surface area (Å²) in [7, 11) is 2.02. The second-order valence-electron chi connectivity index (χ2n) is 14.4. The Morgan fingerprint density at radius 1 is 0.679 bits per heavy atom. The lowest BCUT2D eigenvalue weighted by Crippen LogP contribution is -2.32. The first-order valence-corrected chi connectivity index (χ1v) is 18.0. The number of pyridine rings is 1. The van der Waals surface area contributed by atoms with Crippen LogP contribution in [0.1, 0.15) is 42.3 Å². The number of fused-ring (bicyclic) bond motifs is 7. The van der Waals surface area contributed by atoms with Crippen molar-refractivity contribution in [2.75, 3.05) is 4.90 Å². The Morgan fingerprint density at radius 3 is 2.23 bits per heavy atom. The van der Waals surface area contributed by atoms with Gasteiger partial charge in [0.2, 0.25) is 0 Å². The summed E-state index contributed by atoms with van der Waals surface area (Å²) in [6.45, 7) is 4.48. The van der Waals surface area contributed by atoms with Crippen molar-refractivity contribution >= 4 is 49.9 Å². The van der Waals surface area contributed by atoms with Gasteiger partial charge < -0.3 is 9.47 Å². The highest BCUT2D eigenvalue weighted by atomic mass is 19.1. The number of alkyl halides is 1. The van der Waals surface area contributed by atoms with Gasteiger partial charge in [-0.25, -0.2) is 14.4 Å². The van der Waals surface area contributed by atoms with Gasteiger partial charge >= 0.3 is 0 Å². The van der Waals surface area contributed by atoms with Gasteiger partial charge in [-0.1, -0.05) is 105 Å². The van der Waals surface area contributed by atoms with E-state index < -0.39 is 11.6 Å². The molecule has 4 heterocycles. The molecular weight excluding hydrogens is 654 g/mol. The first-order chi connectivity index (χ1) is 25.9. The monoisotopic (exact) mass is 689 g/mol. The van der Waals surface area contributed by atoms with Crippen LogP contribution in [0.15, 0.2) is 158 Å². The average molecular weight is 690 g/mol. The van der Waals surface area contributed by atoms with Crippen molar-refractivity contribution in [1.29, 1.82) is 0 Å². The summed E-state index contributed by atoms with van der Waals surface area (Å²) in [5.74, 6) is 1.59. The number of halogens is 1. The SMILES string of the molecule is Cn1c(-c2cccc(C(F)c3cc4c(c5c3C(C)(C)c3ccccc3N5c3ccccc3)c3ccccc3n4-c3ccccn3)c2)nc2ccccc21. The van der Waals surface area contributed by atoms with Gasteiger partial charge in [0.1, 0.15) is 11.6 Å². The van der Waals surface area contributed by atoms with Crippen LogP contribution in [0.2, 0.25) is 0 Å². The number of imidazole rings is 1. The third-order valence-electron chi connectivity index (χ3n) is 11.0. The molecule has 6 heteroatoms.